The van der Waals surface area contributed by atoms with Crippen molar-refractivity contribution in [2.75, 3.05) is 6.61 Å². The van der Waals surface area contributed by atoms with Crippen LogP contribution in [0.4, 0.5) is 0 Å². The zero-order valence-electron chi connectivity index (χ0n) is 17.6. The molecule has 154 valence electrons. The molecule has 4 aromatic rings. The maximum Gasteiger partial charge on any atom is 0.352 e. The minimum absolute atomic E-state index is 0.182. The number of hydrogen-bond acceptors (Lipinski definition) is 2. The van der Waals surface area contributed by atoms with Gasteiger partial charge in [0.05, 0.1) is 6.61 Å². The first-order valence-corrected chi connectivity index (χ1v) is 12.4. The zero-order valence-corrected chi connectivity index (χ0v) is 18.5. The summed E-state index contributed by atoms with van der Waals surface area (Å²) in [6.07, 6.45) is 0. The third-order valence-corrected chi connectivity index (χ3v) is 10.1. The van der Waals surface area contributed by atoms with Crippen molar-refractivity contribution in [2.45, 2.75) is 12.6 Å². The number of carbonyl (C=O) groups excluding carboxylic acids is 1. The molecular formula is C28H26O2P+. The summed E-state index contributed by atoms with van der Waals surface area (Å²) in [5, 5.41) is 3.48. The maximum absolute atomic E-state index is 13.7. The highest BCUT2D eigenvalue weighted by Crippen LogP contribution is 2.67. The van der Waals surface area contributed by atoms with E-state index in [0.717, 1.165) is 21.5 Å². The Morgan fingerprint density at radius 2 is 1.00 bits per heavy atom. The summed E-state index contributed by atoms with van der Waals surface area (Å²) in [4.78, 5) is 13.7. The van der Waals surface area contributed by atoms with Gasteiger partial charge in [0.15, 0.2) is 0 Å². The molecule has 0 bridgehead atoms. The predicted octanol–water partition coefficient (Wildman–Crippen LogP) is 5.28. The van der Waals surface area contributed by atoms with E-state index in [1.807, 2.05) is 55.5 Å². The number of rotatable bonds is 7. The molecule has 4 aromatic carbocycles. The molecule has 0 fully saturated rings. The van der Waals surface area contributed by atoms with Gasteiger partial charge in [-0.1, -0.05) is 84.9 Å². The van der Waals surface area contributed by atoms with Crippen LogP contribution < -0.4 is 15.9 Å². The third kappa shape index (κ3) is 4.04. The number of hydrogen-bond donors (Lipinski definition) is 0. The van der Waals surface area contributed by atoms with E-state index in [1.165, 1.54) is 0 Å². The molecule has 0 aromatic heterocycles. The van der Waals surface area contributed by atoms with Crippen molar-refractivity contribution in [3.63, 3.8) is 0 Å². The van der Waals surface area contributed by atoms with Crippen molar-refractivity contribution < 1.29 is 9.53 Å². The van der Waals surface area contributed by atoms with Crippen LogP contribution in [0.25, 0.3) is 0 Å². The van der Waals surface area contributed by atoms with E-state index in [2.05, 4.69) is 72.8 Å². The van der Waals surface area contributed by atoms with E-state index in [1.54, 1.807) is 0 Å². The highest BCUT2D eigenvalue weighted by Gasteiger charge is 2.57. The van der Waals surface area contributed by atoms with Gasteiger partial charge in [-0.25, -0.2) is 4.79 Å². The molecule has 0 radical (unpaired) electrons. The van der Waals surface area contributed by atoms with Gasteiger partial charge in [0.25, 0.3) is 0 Å². The van der Waals surface area contributed by atoms with Gasteiger partial charge in [0.2, 0.25) is 5.66 Å². The smallest absolute Gasteiger partial charge is 0.352 e. The van der Waals surface area contributed by atoms with E-state index in [9.17, 15) is 4.79 Å². The van der Waals surface area contributed by atoms with Crippen molar-refractivity contribution in [3.05, 3.63) is 127 Å². The van der Waals surface area contributed by atoms with Gasteiger partial charge >= 0.3 is 5.97 Å². The van der Waals surface area contributed by atoms with Gasteiger partial charge < -0.3 is 4.74 Å². The van der Waals surface area contributed by atoms with E-state index in [4.69, 9.17) is 4.74 Å². The Bertz CT molecular complexity index is 1000. The van der Waals surface area contributed by atoms with Crippen LogP contribution in [-0.4, -0.2) is 12.6 Å². The highest BCUT2D eigenvalue weighted by atomic mass is 31.2. The standard InChI is InChI=1S/C28H26O2P/c1-2-30-28(29)27(23-15-7-3-8-16-23)31(24-17-9-4-10-18-24,25-19-11-5-12-20-25)26-21-13-6-14-22-26/h3-22,27H,2H2,1H3/q+1/t27-/m1/s1. The second-order valence-electron chi connectivity index (χ2n) is 7.29. The lowest BCUT2D eigenvalue weighted by molar-refractivity contribution is -0.142. The molecule has 0 aliphatic rings. The van der Waals surface area contributed by atoms with Crippen molar-refractivity contribution >= 4 is 29.1 Å². The molecular weight excluding hydrogens is 399 g/mol. The minimum atomic E-state index is -2.45. The lowest BCUT2D eigenvalue weighted by Crippen LogP contribution is -2.38. The van der Waals surface area contributed by atoms with Gasteiger partial charge in [0, 0.05) is 5.56 Å². The summed E-state index contributed by atoms with van der Waals surface area (Å²) in [5.74, 6) is -0.182. The Kier molecular flexibility index (Phi) is 6.60. The monoisotopic (exact) mass is 425 g/mol. The molecule has 31 heavy (non-hydrogen) atoms. The van der Waals surface area contributed by atoms with Gasteiger partial charge in [-0.15, -0.1) is 0 Å². The predicted molar refractivity (Wildman–Crippen MR) is 131 cm³/mol. The van der Waals surface area contributed by atoms with E-state index in [-0.39, 0.29) is 5.97 Å². The number of carbonyl (C=O) groups is 1. The quantitative estimate of drug-likeness (QED) is 0.297. The third-order valence-electron chi connectivity index (χ3n) is 5.50. The average Bonchev–Trinajstić information content (AvgIpc) is 2.85. The first kappa shape index (κ1) is 21.0. The van der Waals surface area contributed by atoms with Crippen LogP contribution in [0.2, 0.25) is 0 Å². The van der Waals surface area contributed by atoms with Gasteiger partial charge in [-0.05, 0) is 43.3 Å². The van der Waals surface area contributed by atoms with Gasteiger partial charge in [-0.2, -0.15) is 0 Å². The Labute approximate surface area is 184 Å². The first-order chi connectivity index (χ1) is 15.3. The van der Waals surface area contributed by atoms with Crippen LogP contribution in [0, 0.1) is 0 Å². The van der Waals surface area contributed by atoms with E-state index >= 15 is 0 Å². The summed E-state index contributed by atoms with van der Waals surface area (Å²) in [6.45, 7) is 2.22. The summed E-state index contributed by atoms with van der Waals surface area (Å²) < 4.78 is 5.72. The molecule has 0 heterocycles. The van der Waals surface area contributed by atoms with Crippen molar-refractivity contribution in [1.82, 2.24) is 0 Å². The molecule has 0 unspecified atom stereocenters. The van der Waals surface area contributed by atoms with E-state index in [0.29, 0.717) is 6.61 Å². The fourth-order valence-corrected chi connectivity index (χ4v) is 8.98. The largest absolute Gasteiger partial charge is 0.463 e. The van der Waals surface area contributed by atoms with Crippen molar-refractivity contribution in [2.24, 2.45) is 0 Å². The van der Waals surface area contributed by atoms with Gasteiger partial charge in [-0.3, -0.25) is 0 Å². The molecule has 1 atom stereocenters. The van der Waals surface area contributed by atoms with Crippen LogP contribution in [0.15, 0.2) is 121 Å². The second kappa shape index (κ2) is 9.73. The number of esters is 1. The summed E-state index contributed by atoms with van der Waals surface area (Å²) in [7, 11) is -2.45. The Hall–Kier alpha value is -3.22. The molecule has 0 saturated heterocycles. The minimum Gasteiger partial charge on any atom is -0.463 e. The number of ether oxygens (including phenoxy) is 1. The van der Waals surface area contributed by atoms with Crippen molar-refractivity contribution in [3.8, 4) is 0 Å². The lowest BCUT2D eigenvalue weighted by Gasteiger charge is -2.33. The Morgan fingerprint density at radius 3 is 1.35 bits per heavy atom. The Balaban J connectivity index is 2.13. The number of benzene rings is 4. The summed E-state index contributed by atoms with van der Waals surface area (Å²) in [6, 6.07) is 41.4. The molecule has 0 N–H and O–H groups in total. The topological polar surface area (TPSA) is 26.3 Å². The SMILES string of the molecule is CCOC(=O)[C@@H](c1ccccc1)[P+](c1ccccc1)(c1ccccc1)c1ccccc1. The van der Waals surface area contributed by atoms with Crippen LogP contribution in [0.1, 0.15) is 18.1 Å². The molecule has 0 aliphatic heterocycles. The molecule has 4 rings (SSSR count). The van der Waals surface area contributed by atoms with Crippen LogP contribution in [0.3, 0.4) is 0 Å². The maximum atomic E-state index is 13.7. The molecule has 0 spiro atoms. The highest BCUT2D eigenvalue weighted by molar-refractivity contribution is 7.96. The fourth-order valence-electron chi connectivity index (χ4n) is 4.26. The molecule has 0 amide bonds. The summed E-state index contributed by atoms with van der Waals surface area (Å²) >= 11 is 0. The summed E-state index contributed by atoms with van der Waals surface area (Å²) in [5.41, 5.74) is 0.534. The molecule has 3 heteroatoms. The molecule has 0 aliphatic carbocycles. The Morgan fingerprint density at radius 1 is 0.645 bits per heavy atom. The van der Waals surface area contributed by atoms with Crippen LogP contribution >= 0.6 is 7.26 Å². The van der Waals surface area contributed by atoms with Crippen LogP contribution in [-0.2, 0) is 9.53 Å². The van der Waals surface area contributed by atoms with E-state index < -0.39 is 12.9 Å². The first-order valence-electron chi connectivity index (χ1n) is 10.6. The normalized spacial score (nSPS) is 12.2. The molecule has 0 saturated carbocycles. The average molecular weight is 425 g/mol. The molecule has 2 nitrogen and oxygen atoms in total. The van der Waals surface area contributed by atoms with Gasteiger partial charge in [0.1, 0.15) is 23.2 Å². The lowest BCUT2D eigenvalue weighted by atomic mass is 10.1. The fraction of sp³-hybridized carbons (Fsp3) is 0.107. The second-order valence-corrected chi connectivity index (χ2v) is 10.8. The van der Waals surface area contributed by atoms with Crippen LogP contribution in [0.5, 0.6) is 0 Å². The zero-order chi connectivity index (χ0) is 21.5. The van der Waals surface area contributed by atoms with Crippen molar-refractivity contribution in [1.29, 1.82) is 0 Å².